The predicted octanol–water partition coefficient (Wildman–Crippen LogP) is 4.39. The molecule has 0 spiro atoms. The summed E-state index contributed by atoms with van der Waals surface area (Å²) < 4.78 is 13.0. The first-order valence-electron chi connectivity index (χ1n) is 6.80. The molecule has 0 aromatic heterocycles. The second kappa shape index (κ2) is 7.18. The van der Waals surface area contributed by atoms with E-state index in [4.69, 9.17) is 11.6 Å². The lowest BCUT2D eigenvalue weighted by atomic mass is 10.1. The molecule has 0 unspecified atom stereocenters. The maximum atomic E-state index is 13.0. The van der Waals surface area contributed by atoms with Gasteiger partial charge in [0.25, 0.3) is 0 Å². The highest BCUT2D eigenvalue weighted by Crippen LogP contribution is 2.16. The number of aryl methyl sites for hydroxylation is 1. The summed E-state index contributed by atoms with van der Waals surface area (Å²) in [6.45, 7) is 1.71. The van der Waals surface area contributed by atoms with Crippen LogP contribution in [0, 0.1) is 12.7 Å². The molecule has 22 heavy (non-hydrogen) atoms. The van der Waals surface area contributed by atoms with Crippen LogP contribution in [0.5, 0.6) is 0 Å². The Labute approximate surface area is 133 Å². The van der Waals surface area contributed by atoms with Crippen molar-refractivity contribution in [2.24, 2.45) is 0 Å². The van der Waals surface area contributed by atoms with Gasteiger partial charge in [-0.2, -0.15) is 0 Å². The number of amides is 1. The van der Waals surface area contributed by atoms with Crippen LogP contribution in [0.2, 0.25) is 5.02 Å². The number of anilines is 1. The largest absolute Gasteiger partial charge is 0.326 e. The van der Waals surface area contributed by atoms with Crippen LogP contribution >= 0.6 is 11.6 Å². The van der Waals surface area contributed by atoms with Gasteiger partial charge < -0.3 is 5.32 Å². The molecule has 0 fully saturated rings. The van der Waals surface area contributed by atoms with E-state index in [2.05, 4.69) is 5.32 Å². The minimum atomic E-state index is -0.353. The Hall–Kier alpha value is -2.20. The maximum Gasteiger partial charge on any atom is 0.224 e. The fourth-order valence-electron chi connectivity index (χ4n) is 1.99. The summed E-state index contributed by atoms with van der Waals surface area (Å²) in [5.74, 6) is -0.756. The summed E-state index contributed by atoms with van der Waals surface area (Å²) in [5, 5.41) is 3.23. The Balaban J connectivity index is 1.89. The Morgan fingerprint density at radius 2 is 1.77 bits per heavy atom. The molecular formula is C17H15ClFNO2. The van der Waals surface area contributed by atoms with E-state index < -0.39 is 0 Å². The van der Waals surface area contributed by atoms with Crippen LogP contribution in [0.1, 0.15) is 28.8 Å². The lowest BCUT2D eigenvalue weighted by molar-refractivity contribution is -0.116. The van der Waals surface area contributed by atoms with E-state index in [1.807, 2.05) is 0 Å². The number of Topliss-reactive ketones (excluding diaryl/α,β-unsaturated/α-hetero) is 1. The smallest absolute Gasteiger partial charge is 0.224 e. The minimum absolute atomic E-state index is 0.0677. The molecule has 3 nitrogen and oxygen atoms in total. The predicted molar refractivity (Wildman–Crippen MR) is 84.8 cm³/mol. The summed E-state index contributed by atoms with van der Waals surface area (Å²) in [5.41, 5.74) is 1.71. The van der Waals surface area contributed by atoms with E-state index in [0.717, 1.165) is 0 Å². The van der Waals surface area contributed by atoms with Gasteiger partial charge in [-0.05, 0) is 55.0 Å². The zero-order valence-corrected chi connectivity index (χ0v) is 12.8. The van der Waals surface area contributed by atoms with Crippen LogP contribution in [0.25, 0.3) is 0 Å². The first-order valence-corrected chi connectivity index (χ1v) is 7.18. The molecule has 0 saturated heterocycles. The van der Waals surface area contributed by atoms with Crippen LogP contribution in [0.4, 0.5) is 10.1 Å². The number of hydrogen-bond acceptors (Lipinski definition) is 2. The molecule has 0 atom stereocenters. The summed E-state index contributed by atoms with van der Waals surface area (Å²) in [4.78, 5) is 23.8. The first kappa shape index (κ1) is 16.2. The van der Waals surface area contributed by atoms with Crippen LogP contribution in [-0.2, 0) is 4.79 Å². The highest BCUT2D eigenvalue weighted by molar-refractivity contribution is 6.30. The van der Waals surface area contributed by atoms with Crippen molar-refractivity contribution in [2.75, 3.05) is 5.32 Å². The van der Waals surface area contributed by atoms with Crippen LogP contribution in [-0.4, -0.2) is 11.7 Å². The Morgan fingerprint density at radius 1 is 1.09 bits per heavy atom. The molecule has 0 aliphatic heterocycles. The van der Waals surface area contributed by atoms with Gasteiger partial charge >= 0.3 is 0 Å². The van der Waals surface area contributed by atoms with Gasteiger partial charge in [-0.3, -0.25) is 9.59 Å². The van der Waals surface area contributed by atoms with Crippen molar-refractivity contribution in [3.63, 3.8) is 0 Å². The Kier molecular flexibility index (Phi) is 5.28. The minimum Gasteiger partial charge on any atom is -0.326 e. The number of hydrogen-bond donors (Lipinski definition) is 1. The molecular weight excluding hydrogens is 305 g/mol. The van der Waals surface area contributed by atoms with Gasteiger partial charge in [0.15, 0.2) is 5.78 Å². The van der Waals surface area contributed by atoms with E-state index in [1.165, 1.54) is 18.2 Å². The third-order valence-corrected chi connectivity index (χ3v) is 3.46. The Bertz CT molecular complexity index is 698. The molecule has 0 aliphatic carbocycles. The molecule has 2 rings (SSSR count). The third kappa shape index (κ3) is 4.40. The lowest BCUT2D eigenvalue weighted by Crippen LogP contribution is -2.14. The van der Waals surface area contributed by atoms with Gasteiger partial charge in [-0.25, -0.2) is 4.39 Å². The molecule has 2 aromatic carbocycles. The topological polar surface area (TPSA) is 46.2 Å². The van der Waals surface area contributed by atoms with Gasteiger partial charge in [0.2, 0.25) is 5.91 Å². The average molecular weight is 320 g/mol. The molecule has 0 saturated carbocycles. The van der Waals surface area contributed by atoms with Crippen LogP contribution in [0.3, 0.4) is 0 Å². The fraction of sp³-hybridized carbons (Fsp3) is 0.176. The molecule has 1 amide bonds. The summed E-state index contributed by atoms with van der Waals surface area (Å²) in [6, 6.07) is 10.7. The van der Waals surface area contributed by atoms with Gasteiger partial charge in [0, 0.05) is 29.1 Å². The maximum absolute atomic E-state index is 13.0. The lowest BCUT2D eigenvalue weighted by Gasteiger charge is -2.08. The van der Waals surface area contributed by atoms with Gasteiger partial charge in [-0.15, -0.1) is 0 Å². The number of ketones is 1. The molecule has 2 aromatic rings. The first-order chi connectivity index (χ1) is 10.5. The van der Waals surface area contributed by atoms with E-state index in [-0.39, 0.29) is 30.3 Å². The number of nitrogens with one attached hydrogen (secondary N) is 1. The highest BCUT2D eigenvalue weighted by Gasteiger charge is 2.10. The zero-order valence-electron chi connectivity index (χ0n) is 12.0. The molecule has 0 radical (unpaired) electrons. The van der Waals surface area contributed by atoms with Gasteiger partial charge in [0.05, 0.1) is 0 Å². The Morgan fingerprint density at radius 3 is 2.41 bits per heavy atom. The third-order valence-electron chi connectivity index (χ3n) is 3.21. The zero-order chi connectivity index (χ0) is 16.1. The van der Waals surface area contributed by atoms with Crippen LogP contribution in [0.15, 0.2) is 42.5 Å². The van der Waals surface area contributed by atoms with E-state index in [1.54, 1.807) is 31.2 Å². The molecule has 0 bridgehead atoms. The van der Waals surface area contributed by atoms with E-state index in [9.17, 15) is 14.0 Å². The monoisotopic (exact) mass is 319 g/mol. The van der Waals surface area contributed by atoms with Crippen LogP contribution < -0.4 is 5.32 Å². The van der Waals surface area contributed by atoms with Crippen molar-refractivity contribution < 1.29 is 14.0 Å². The molecule has 114 valence electrons. The second-order valence-electron chi connectivity index (χ2n) is 4.94. The molecule has 0 aliphatic rings. The van der Waals surface area contributed by atoms with Crippen molar-refractivity contribution >= 4 is 29.0 Å². The van der Waals surface area contributed by atoms with Gasteiger partial charge in [0.1, 0.15) is 5.82 Å². The van der Waals surface area contributed by atoms with Crippen molar-refractivity contribution in [1.82, 2.24) is 0 Å². The summed E-state index contributed by atoms with van der Waals surface area (Å²) in [7, 11) is 0. The fourth-order valence-corrected chi connectivity index (χ4v) is 2.11. The number of carbonyl (C=O) groups is 2. The standard InChI is InChI=1S/C17H15ClFNO2/c1-11-10-14(19)6-7-15(11)20-17(22)9-8-16(21)12-2-4-13(18)5-3-12/h2-7,10H,8-9H2,1H3,(H,20,22). The van der Waals surface area contributed by atoms with E-state index in [0.29, 0.717) is 21.8 Å². The second-order valence-corrected chi connectivity index (χ2v) is 5.37. The molecule has 1 N–H and O–H groups in total. The summed E-state index contributed by atoms with van der Waals surface area (Å²) >= 11 is 5.76. The van der Waals surface area contributed by atoms with E-state index >= 15 is 0 Å². The number of rotatable bonds is 5. The quantitative estimate of drug-likeness (QED) is 0.831. The molecule has 0 heterocycles. The summed E-state index contributed by atoms with van der Waals surface area (Å²) in [6.07, 6.45) is 0.173. The van der Waals surface area contributed by atoms with Crippen molar-refractivity contribution in [1.29, 1.82) is 0 Å². The SMILES string of the molecule is Cc1cc(F)ccc1NC(=O)CCC(=O)c1ccc(Cl)cc1. The number of carbonyl (C=O) groups excluding carboxylic acids is 2. The number of benzene rings is 2. The molecule has 5 heteroatoms. The highest BCUT2D eigenvalue weighted by atomic mass is 35.5. The van der Waals surface area contributed by atoms with Crippen molar-refractivity contribution in [3.8, 4) is 0 Å². The normalized spacial score (nSPS) is 10.3. The van der Waals surface area contributed by atoms with Crippen molar-refractivity contribution in [2.45, 2.75) is 19.8 Å². The van der Waals surface area contributed by atoms with Gasteiger partial charge in [-0.1, -0.05) is 11.6 Å². The average Bonchev–Trinajstić information content (AvgIpc) is 2.48. The number of halogens is 2. The van der Waals surface area contributed by atoms with Crippen molar-refractivity contribution in [3.05, 3.63) is 64.4 Å².